The molecule has 0 aliphatic heterocycles. The van der Waals surface area contributed by atoms with E-state index in [0.29, 0.717) is 5.69 Å². The number of nitrogen functional groups attached to an aromatic ring is 1. The molecule has 0 saturated carbocycles. The molecule has 0 bridgehead atoms. The minimum Gasteiger partial charge on any atom is -0.397 e. The van der Waals surface area contributed by atoms with E-state index in [2.05, 4.69) is 42.2 Å². The van der Waals surface area contributed by atoms with Crippen LogP contribution in [0.3, 0.4) is 0 Å². The van der Waals surface area contributed by atoms with Gasteiger partial charge in [0.05, 0.1) is 16.4 Å². The second kappa shape index (κ2) is 5.06. The molecule has 2 aromatic rings. The maximum atomic E-state index is 5.65. The van der Waals surface area contributed by atoms with Gasteiger partial charge in [-0.2, -0.15) is 0 Å². The van der Waals surface area contributed by atoms with Gasteiger partial charge in [-0.3, -0.25) is 0 Å². The number of nitrogens with zero attached hydrogens (tertiary/aromatic N) is 1. The van der Waals surface area contributed by atoms with Crippen molar-refractivity contribution < 1.29 is 0 Å². The Balaban J connectivity index is 2.34. The molecule has 0 atom stereocenters. The summed E-state index contributed by atoms with van der Waals surface area (Å²) < 4.78 is 1.87. The van der Waals surface area contributed by atoms with E-state index < -0.39 is 0 Å². The molecule has 2 rings (SSSR count). The average molecular weight is 357 g/mol. The van der Waals surface area contributed by atoms with Gasteiger partial charge in [0.15, 0.2) is 0 Å². The molecule has 17 heavy (non-hydrogen) atoms. The lowest BCUT2D eigenvalue weighted by atomic mass is 10.2. The molecule has 3 N–H and O–H groups in total. The number of hydrogen-bond donors (Lipinski definition) is 2. The normalized spacial score (nSPS) is 10.3. The lowest BCUT2D eigenvalue weighted by Gasteiger charge is -2.11. The van der Waals surface area contributed by atoms with Crippen LogP contribution in [-0.2, 0) is 0 Å². The second-order valence-electron chi connectivity index (χ2n) is 3.68. The molecule has 0 aliphatic carbocycles. The molecule has 88 valence electrons. The van der Waals surface area contributed by atoms with Gasteiger partial charge in [-0.15, -0.1) is 0 Å². The SMILES string of the molecule is Cc1ccc(Br)cc1Nc1ncc(N)cc1Br. The fraction of sp³-hybridized carbons (Fsp3) is 0.0833. The summed E-state index contributed by atoms with van der Waals surface area (Å²) >= 11 is 6.88. The van der Waals surface area contributed by atoms with E-state index in [1.165, 1.54) is 0 Å². The highest BCUT2D eigenvalue weighted by atomic mass is 79.9. The number of nitrogens with one attached hydrogen (secondary N) is 1. The van der Waals surface area contributed by atoms with Crippen LogP contribution in [0, 0.1) is 6.92 Å². The van der Waals surface area contributed by atoms with E-state index in [4.69, 9.17) is 5.73 Å². The number of rotatable bonds is 2. The van der Waals surface area contributed by atoms with Crippen LogP contribution in [0.1, 0.15) is 5.56 Å². The number of pyridine rings is 1. The highest BCUT2D eigenvalue weighted by molar-refractivity contribution is 9.10. The van der Waals surface area contributed by atoms with Crippen molar-refractivity contribution in [2.75, 3.05) is 11.1 Å². The van der Waals surface area contributed by atoms with Crippen molar-refractivity contribution in [3.8, 4) is 0 Å². The molecular formula is C12H11Br2N3. The zero-order valence-electron chi connectivity index (χ0n) is 9.17. The van der Waals surface area contributed by atoms with Gasteiger partial charge in [0.1, 0.15) is 5.82 Å². The van der Waals surface area contributed by atoms with Gasteiger partial charge in [-0.05, 0) is 46.6 Å². The first-order valence-electron chi connectivity index (χ1n) is 5.00. The Morgan fingerprint density at radius 3 is 2.71 bits per heavy atom. The molecule has 0 radical (unpaired) electrons. The lowest BCUT2D eigenvalue weighted by molar-refractivity contribution is 1.28. The number of hydrogen-bond acceptors (Lipinski definition) is 3. The number of benzene rings is 1. The van der Waals surface area contributed by atoms with Gasteiger partial charge in [0, 0.05) is 10.2 Å². The van der Waals surface area contributed by atoms with E-state index in [0.717, 1.165) is 26.0 Å². The Morgan fingerprint density at radius 1 is 1.24 bits per heavy atom. The summed E-state index contributed by atoms with van der Waals surface area (Å²) in [4.78, 5) is 4.25. The number of aromatic nitrogens is 1. The van der Waals surface area contributed by atoms with Crippen LogP contribution in [-0.4, -0.2) is 4.98 Å². The summed E-state index contributed by atoms with van der Waals surface area (Å²) in [5.74, 6) is 0.750. The van der Waals surface area contributed by atoms with Gasteiger partial charge in [0.25, 0.3) is 0 Å². The van der Waals surface area contributed by atoms with Crippen LogP contribution in [0.5, 0.6) is 0 Å². The number of halogens is 2. The Hall–Kier alpha value is -1.07. The van der Waals surface area contributed by atoms with Crippen LogP contribution in [0.15, 0.2) is 39.4 Å². The van der Waals surface area contributed by atoms with Crippen LogP contribution >= 0.6 is 31.9 Å². The third-order valence-corrected chi connectivity index (χ3v) is 3.41. The van der Waals surface area contributed by atoms with E-state index in [1.54, 1.807) is 6.20 Å². The summed E-state index contributed by atoms with van der Waals surface area (Å²) in [6, 6.07) is 7.88. The monoisotopic (exact) mass is 355 g/mol. The first kappa shape index (κ1) is 12.4. The summed E-state index contributed by atoms with van der Waals surface area (Å²) in [5.41, 5.74) is 8.44. The van der Waals surface area contributed by atoms with Gasteiger partial charge in [-0.1, -0.05) is 22.0 Å². The Morgan fingerprint density at radius 2 is 2.00 bits per heavy atom. The zero-order chi connectivity index (χ0) is 12.4. The molecule has 0 amide bonds. The highest BCUT2D eigenvalue weighted by Crippen LogP contribution is 2.28. The first-order chi connectivity index (χ1) is 8.06. The van der Waals surface area contributed by atoms with Crippen molar-refractivity contribution in [2.45, 2.75) is 6.92 Å². The Labute approximate surface area is 117 Å². The maximum Gasteiger partial charge on any atom is 0.144 e. The molecule has 0 unspecified atom stereocenters. The quantitative estimate of drug-likeness (QED) is 0.846. The molecule has 5 heteroatoms. The second-order valence-corrected chi connectivity index (χ2v) is 5.45. The number of anilines is 3. The maximum absolute atomic E-state index is 5.65. The predicted molar refractivity (Wildman–Crippen MR) is 78.5 cm³/mol. The van der Waals surface area contributed by atoms with Crippen LogP contribution in [0.2, 0.25) is 0 Å². The molecule has 0 aliphatic rings. The van der Waals surface area contributed by atoms with Crippen molar-refractivity contribution >= 4 is 49.1 Å². The standard InChI is InChI=1S/C12H11Br2N3/c1-7-2-3-8(13)4-11(7)17-12-10(14)5-9(15)6-16-12/h2-6H,15H2,1H3,(H,16,17). The van der Waals surface area contributed by atoms with E-state index in [9.17, 15) is 0 Å². The molecule has 0 spiro atoms. The summed E-state index contributed by atoms with van der Waals surface area (Å²) in [5, 5.41) is 3.26. The van der Waals surface area contributed by atoms with E-state index >= 15 is 0 Å². The molecule has 3 nitrogen and oxygen atoms in total. The van der Waals surface area contributed by atoms with Crippen molar-refractivity contribution in [2.24, 2.45) is 0 Å². The smallest absolute Gasteiger partial charge is 0.144 e. The van der Waals surface area contributed by atoms with Crippen molar-refractivity contribution in [1.29, 1.82) is 0 Å². The first-order valence-corrected chi connectivity index (χ1v) is 6.59. The van der Waals surface area contributed by atoms with Crippen LogP contribution < -0.4 is 11.1 Å². The summed E-state index contributed by atoms with van der Waals surface area (Å²) in [6.07, 6.45) is 1.63. The third-order valence-electron chi connectivity index (χ3n) is 2.32. The molecular weight excluding hydrogens is 346 g/mol. The van der Waals surface area contributed by atoms with E-state index in [-0.39, 0.29) is 0 Å². The van der Waals surface area contributed by atoms with Gasteiger partial charge < -0.3 is 11.1 Å². The number of nitrogens with two attached hydrogens (primary N) is 1. The fourth-order valence-electron chi connectivity index (χ4n) is 1.40. The van der Waals surface area contributed by atoms with Gasteiger partial charge in [-0.25, -0.2) is 4.98 Å². The largest absolute Gasteiger partial charge is 0.397 e. The van der Waals surface area contributed by atoms with Crippen LogP contribution in [0.4, 0.5) is 17.2 Å². The van der Waals surface area contributed by atoms with Crippen molar-refractivity contribution in [3.05, 3.63) is 45.0 Å². The van der Waals surface area contributed by atoms with Gasteiger partial charge >= 0.3 is 0 Å². The van der Waals surface area contributed by atoms with Crippen molar-refractivity contribution in [1.82, 2.24) is 4.98 Å². The lowest BCUT2D eigenvalue weighted by Crippen LogP contribution is -1.98. The highest BCUT2D eigenvalue weighted by Gasteiger charge is 2.05. The molecule has 0 saturated heterocycles. The molecule has 0 fully saturated rings. The number of aryl methyl sites for hydroxylation is 1. The Kier molecular flexibility index (Phi) is 3.69. The van der Waals surface area contributed by atoms with E-state index in [1.807, 2.05) is 31.2 Å². The average Bonchev–Trinajstić information content (AvgIpc) is 2.27. The molecule has 1 heterocycles. The molecule has 1 aromatic carbocycles. The van der Waals surface area contributed by atoms with Gasteiger partial charge in [0.2, 0.25) is 0 Å². The minimum absolute atomic E-state index is 0.633. The van der Waals surface area contributed by atoms with Crippen molar-refractivity contribution in [3.63, 3.8) is 0 Å². The fourth-order valence-corrected chi connectivity index (χ4v) is 2.23. The summed E-state index contributed by atoms with van der Waals surface area (Å²) in [7, 11) is 0. The predicted octanol–water partition coefficient (Wildman–Crippen LogP) is 4.24. The zero-order valence-corrected chi connectivity index (χ0v) is 12.3. The van der Waals surface area contributed by atoms with Crippen LogP contribution in [0.25, 0.3) is 0 Å². The summed E-state index contributed by atoms with van der Waals surface area (Å²) in [6.45, 7) is 2.04. The third kappa shape index (κ3) is 2.98. The topological polar surface area (TPSA) is 50.9 Å². The molecule has 1 aromatic heterocycles. The minimum atomic E-state index is 0.633. The Bertz CT molecular complexity index is 555.